The van der Waals surface area contributed by atoms with Gasteiger partial charge in [-0.3, -0.25) is 4.79 Å². The molecule has 0 aliphatic carbocycles. The summed E-state index contributed by atoms with van der Waals surface area (Å²) in [5.74, 6) is 0.683. The van der Waals surface area contributed by atoms with Gasteiger partial charge in [-0.05, 0) is 12.1 Å². The highest BCUT2D eigenvalue weighted by atomic mass is 16.5. The maximum Gasteiger partial charge on any atom is 0.254 e. The van der Waals surface area contributed by atoms with Gasteiger partial charge in [-0.25, -0.2) is 4.68 Å². The Labute approximate surface area is 109 Å². The molecule has 0 saturated heterocycles. The van der Waals surface area contributed by atoms with Crippen LogP contribution in [0.4, 0.5) is 5.82 Å². The summed E-state index contributed by atoms with van der Waals surface area (Å²) in [6.45, 7) is 0. The zero-order chi connectivity index (χ0) is 14.0. The molecule has 1 aromatic carbocycles. The molecule has 2 aromatic rings. The number of nitrogen functional groups attached to an aromatic ring is 1. The minimum atomic E-state index is -0.634. The first-order chi connectivity index (χ1) is 9.08. The van der Waals surface area contributed by atoms with Gasteiger partial charge in [0.25, 0.3) is 5.91 Å². The van der Waals surface area contributed by atoms with Crippen molar-refractivity contribution in [1.29, 1.82) is 0 Å². The minimum absolute atomic E-state index is 0.152. The number of benzene rings is 1. The predicted molar refractivity (Wildman–Crippen MR) is 69.6 cm³/mol. The molecule has 1 aromatic heterocycles. The maximum atomic E-state index is 11.2. The summed E-state index contributed by atoms with van der Waals surface area (Å²) in [6.07, 6.45) is 1.32. The third kappa shape index (κ3) is 2.17. The molecular formula is C12H14N4O3. The lowest BCUT2D eigenvalue weighted by atomic mass is 10.2. The van der Waals surface area contributed by atoms with E-state index in [0.29, 0.717) is 17.2 Å². The Kier molecular flexibility index (Phi) is 3.28. The maximum absolute atomic E-state index is 11.2. The van der Waals surface area contributed by atoms with E-state index in [-0.39, 0.29) is 11.4 Å². The molecule has 1 heterocycles. The van der Waals surface area contributed by atoms with Crippen molar-refractivity contribution in [3.63, 3.8) is 0 Å². The molecule has 7 nitrogen and oxygen atoms in total. The van der Waals surface area contributed by atoms with Gasteiger partial charge in [0.2, 0.25) is 0 Å². The van der Waals surface area contributed by atoms with Crippen LogP contribution in [0.5, 0.6) is 11.5 Å². The number of nitrogens with zero attached hydrogens (tertiary/aromatic N) is 2. The highest BCUT2D eigenvalue weighted by molar-refractivity contribution is 5.97. The lowest BCUT2D eigenvalue weighted by molar-refractivity contribution is 0.100. The molecule has 7 heteroatoms. The van der Waals surface area contributed by atoms with Crippen LogP contribution in [0.25, 0.3) is 5.69 Å². The van der Waals surface area contributed by atoms with E-state index in [1.807, 2.05) is 0 Å². The van der Waals surface area contributed by atoms with Gasteiger partial charge in [-0.1, -0.05) is 0 Å². The molecule has 0 radical (unpaired) electrons. The zero-order valence-electron chi connectivity index (χ0n) is 10.6. The van der Waals surface area contributed by atoms with Crippen LogP contribution >= 0.6 is 0 Å². The molecule has 0 aliphatic heterocycles. The number of methoxy groups -OCH3 is 2. The number of anilines is 1. The Balaban J connectivity index is 2.60. The number of rotatable bonds is 4. The number of carbonyl (C=O) groups excluding carboxylic acids is 1. The van der Waals surface area contributed by atoms with Crippen LogP contribution in [-0.2, 0) is 0 Å². The molecule has 0 fully saturated rings. The van der Waals surface area contributed by atoms with Gasteiger partial charge >= 0.3 is 0 Å². The van der Waals surface area contributed by atoms with Gasteiger partial charge < -0.3 is 20.9 Å². The van der Waals surface area contributed by atoms with E-state index in [2.05, 4.69) is 5.10 Å². The Morgan fingerprint density at radius 1 is 1.32 bits per heavy atom. The molecular weight excluding hydrogens is 248 g/mol. The second-order valence-electron chi connectivity index (χ2n) is 3.76. The monoisotopic (exact) mass is 262 g/mol. The van der Waals surface area contributed by atoms with Gasteiger partial charge in [-0.2, -0.15) is 5.10 Å². The molecule has 0 bridgehead atoms. The summed E-state index contributed by atoms with van der Waals surface area (Å²) in [5, 5.41) is 4.05. The lowest BCUT2D eigenvalue weighted by Gasteiger charge is -2.11. The van der Waals surface area contributed by atoms with E-state index in [1.165, 1.54) is 18.0 Å². The van der Waals surface area contributed by atoms with Crippen molar-refractivity contribution >= 4 is 11.7 Å². The van der Waals surface area contributed by atoms with Crippen molar-refractivity contribution in [3.8, 4) is 17.2 Å². The van der Waals surface area contributed by atoms with Gasteiger partial charge in [0.15, 0.2) is 0 Å². The Bertz CT molecular complexity index is 621. The average molecular weight is 262 g/mol. The second-order valence-corrected chi connectivity index (χ2v) is 3.76. The predicted octanol–water partition coefficient (Wildman–Crippen LogP) is 0.571. The van der Waals surface area contributed by atoms with E-state index < -0.39 is 5.91 Å². The first-order valence-electron chi connectivity index (χ1n) is 5.44. The Morgan fingerprint density at radius 2 is 2.05 bits per heavy atom. The van der Waals surface area contributed by atoms with E-state index in [1.54, 1.807) is 25.3 Å². The van der Waals surface area contributed by atoms with Gasteiger partial charge in [0.1, 0.15) is 28.6 Å². The largest absolute Gasteiger partial charge is 0.497 e. The first-order valence-corrected chi connectivity index (χ1v) is 5.44. The number of nitrogens with two attached hydrogens (primary N) is 2. The van der Waals surface area contributed by atoms with Gasteiger partial charge in [0, 0.05) is 6.07 Å². The van der Waals surface area contributed by atoms with Gasteiger partial charge in [0.05, 0.1) is 20.4 Å². The number of aromatic nitrogens is 2. The molecule has 2 rings (SSSR count). The van der Waals surface area contributed by atoms with Gasteiger partial charge in [-0.15, -0.1) is 0 Å². The fourth-order valence-corrected chi connectivity index (χ4v) is 1.70. The zero-order valence-corrected chi connectivity index (χ0v) is 10.6. The first kappa shape index (κ1) is 12.7. The molecule has 0 saturated carbocycles. The Morgan fingerprint density at radius 3 is 2.58 bits per heavy atom. The number of hydrogen-bond acceptors (Lipinski definition) is 5. The fourth-order valence-electron chi connectivity index (χ4n) is 1.70. The molecule has 1 amide bonds. The molecule has 0 spiro atoms. The summed E-state index contributed by atoms with van der Waals surface area (Å²) in [6, 6.07) is 5.17. The van der Waals surface area contributed by atoms with Crippen molar-refractivity contribution in [2.45, 2.75) is 0 Å². The third-order valence-electron chi connectivity index (χ3n) is 2.69. The lowest BCUT2D eigenvalue weighted by Crippen LogP contribution is -2.13. The number of primary amides is 1. The summed E-state index contributed by atoms with van der Waals surface area (Å²) in [7, 11) is 3.08. The molecule has 0 atom stereocenters. The second kappa shape index (κ2) is 4.89. The quantitative estimate of drug-likeness (QED) is 0.838. The normalized spacial score (nSPS) is 10.2. The minimum Gasteiger partial charge on any atom is -0.497 e. The van der Waals surface area contributed by atoms with E-state index in [4.69, 9.17) is 20.9 Å². The topological polar surface area (TPSA) is 105 Å². The van der Waals surface area contributed by atoms with Crippen LogP contribution in [0.3, 0.4) is 0 Å². The smallest absolute Gasteiger partial charge is 0.254 e. The summed E-state index contributed by atoms with van der Waals surface area (Å²) in [4.78, 5) is 11.2. The molecule has 4 N–H and O–H groups in total. The number of hydrogen-bond donors (Lipinski definition) is 2. The van der Waals surface area contributed by atoms with Crippen LogP contribution in [0.1, 0.15) is 10.4 Å². The van der Waals surface area contributed by atoms with E-state index in [9.17, 15) is 4.79 Å². The van der Waals surface area contributed by atoms with Crippen LogP contribution < -0.4 is 20.9 Å². The highest BCUT2D eigenvalue weighted by Gasteiger charge is 2.16. The van der Waals surface area contributed by atoms with Crippen molar-refractivity contribution in [1.82, 2.24) is 9.78 Å². The standard InChI is InChI=1S/C12H14N4O3/c1-18-7-3-4-10(19-2)9(5-7)16-11(13)8(6-15-16)12(14)17/h3-6H,13H2,1-2H3,(H2,14,17). The van der Waals surface area contributed by atoms with Crippen molar-refractivity contribution < 1.29 is 14.3 Å². The Hall–Kier alpha value is -2.70. The molecule has 0 aliphatic rings. The highest BCUT2D eigenvalue weighted by Crippen LogP contribution is 2.29. The van der Waals surface area contributed by atoms with E-state index in [0.717, 1.165) is 0 Å². The summed E-state index contributed by atoms with van der Waals surface area (Å²) in [5.41, 5.74) is 11.8. The average Bonchev–Trinajstić information content (AvgIpc) is 2.79. The molecule has 100 valence electrons. The van der Waals surface area contributed by atoms with Crippen LogP contribution in [0.15, 0.2) is 24.4 Å². The summed E-state index contributed by atoms with van der Waals surface area (Å²) >= 11 is 0. The van der Waals surface area contributed by atoms with Crippen LogP contribution in [0, 0.1) is 0 Å². The van der Waals surface area contributed by atoms with Crippen molar-refractivity contribution in [2.24, 2.45) is 5.73 Å². The van der Waals surface area contributed by atoms with Crippen molar-refractivity contribution in [3.05, 3.63) is 30.0 Å². The summed E-state index contributed by atoms with van der Waals surface area (Å²) < 4.78 is 11.8. The van der Waals surface area contributed by atoms with E-state index >= 15 is 0 Å². The number of ether oxygens (including phenoxy) is 2. The fraction of sp³-hybridized carbons (Fsp3) is 0.167. The molecule has 19 heavy (non-hydrogen) atoms. The number of carbonyl (C=O) groups is 1. The van der Waals surface area contributed by atoms with Crippen LogP contribution in [-0.4, -0.2) is 29.9 Å². The van der Waals surface area contributed by atoms with Crippen LogP contribution in [0.2, 0.25) is 0 Å². The molecule has 0 unspecified atom stereocenters. The third-order valence-corrected chi connectivity index (χ3v) is 2.69. The van der Waals surface area contributed by atoms with Crippen molar-refractivity contribution in [2.75, 3.05) is 20.0 Å². The number of amides is 1. The SMILES string of the molecule is COc1ccc(OC)c(-n2ncc(C(N)=O)c2N)c1.